The maximum atomic E-state index is 14.0. The smallest absolute Gasteiger partial charge is 0.407 e. The fourth-order valence-corrected chi connectivity index (χ4v) is 9.40. The number of aromatic nitrogens is 4. The van der Waals surface area contributed by atoms with Gasteiger partial charge in [0.2, 0.25) is 11.8 Å². The normalized spacial score (nSPS) is 20.4. The molecule has 0 radical (unpaired) electrons. The van der Waals surface area contributed by atoms with Crippen molar-refractivity contribution in [3.05, 3.63) is 65.9 Å². The lowest BCUT2D eigenvalue weighted by molar-refractivity contribution is -0.139. The zero-order chi connectivity index (χ0) is 45.6. The highest BCUT2D eigenvalue weighted by molar-refractivity contribution is 6.07. The second-order valence-electron chi connectivity index (χ2n) is 17.6. The van der Waals surface area contributed by atoms with Gasteiger partial charge in [0, 0.05) is 29.5 Å². The van der Waals surface area contributed by atoms with Gasteiger partial charge >= 0.3 is 18.8 Å². The number of benzene rings is 3. The number of imidazole rings is 2. The number of hydrogen-bond donors (Lipinski definition) is 4. The van der Waals surface area contributed by atoms with Crippen LogP contribution in [0.1, 0.15) is 83.2 Å². The highest BCUT2D eigenvalue weighted by atomic mass is 19.3. The van der Waals surface area contributed by atoms with Crippen molar-refractivity contribution in [2.24, 2.45) is 17.8 Å². The molecule has 4 N–H and O–H groups in total. The number of ether oxygens (including phenoxy) is 4. The van der Waals surface area contributed by atoms with Crippen LogP contribution in [-0.4, -0.2) is 106 Å². The number of nitrogens with zero attached hydrogens (tertiary/aromatic N) is 4. The van der Waals surface area contributed by atoms with E-state index in [0.717, 1.165) is 56.9 Å². The zero-order valence-electron chi connectivity index (χ0n) is 36.9. The molecule has 0 bridgehead atoms. The highest BCUT2D eigenvalue weighted by Gasteiger charge is 2.43. The second-order valence-corrected chi connectivity index (χ2v) is 17.6. The van der Waals surface area contributed by atoms with Crippen LogP contribution in [0.15, 0.2) is 48.7 Å². The van der Waals surface area contributed by atoms with Crippen LogP contribution in [-0.2, 0) is 30.4 Å². The van der Waals surface area contributed by atoms with Crippen molar-refractivity contribution in [1.82, 2.24) is 40.4 Å². The van der Waals surface area contributed by atoms with Gasteiger partial charge in [0.25, 0.3) is 0 Å². The molecule has 340 valence electrons. The Kier molecular flexibility index (Phi) is 12.5. The van der Waals surface area contributed by atoms with E-state index in [1.165, 1.54) is 14.2 Å². The van der Waals surface area contributed by atoms with E-state index < -0.39 is 36.9 Å². The van der Waals surface area contributed by atoms with Gasteiger partial charge in [0.05, 0.1) is 55.8 Å². The maximum Gasteiger partial charge on any atom is 0.407 e. The lowest BCUT2D eigenvalue weighted by Gasteiger charge is -2.32. The lowest BCUT2D eigenvalue weighted by atomic mass is 9.92. The first kappa shape index (κ1) is 44.3. The standard InChI is InChI=1S/C46H54F2N8O8/c1-22(2)37(53-45(59)61-6)42(57)55-19-25(20-64-44(47)48)14-35(55)40-49-18-33(51-40)27-9-11-29-28(15-27)21-63-36-17-30-26(16-31(29)36)10-12-32-39(30)52-41(50-32)34-13-8-24(5)56(34)43(58)38(23(3)4)54-46(60)62-7/h9-12,15-18,22-25,34-35,37-38,44H,8,13-14,19-21H2,1-7H3,(H,49,51)(H,50,52)(H,53,59)(H,54,60)/t24-,25-,34?,35-,37-,38-/m0/s1. The molecule has 3 aliphatic heterocycles. The number of aromatic amines is 2. The molecule has 4 amide bonds. The summed E-state index contributed by atoms with van der Waals surface area (Å²) in [6.07, 6.45) is 2.13. The van der Waals surface area contributed by atoms with E-state index >= 15 is 0 Å². The number of fused-ring (bicyclic) bond motifs is 6. The summed E-state index contributed by atoms with van der Waals surface area (Å²) in [5.41, 5.74) is 6.04. The van der Waals surface area contributed by atoms with Gasteiger partial charge in [0.15, 0.2) is 0 Å². The minimum Gasteiger partial charge on any atom is -0.488 e. The van der Waals surface area contributed by atoms with Gasteiger partial charge in [-0.05, 0) is 84.4 Å². The Balaban J connectivity index is 1.05. The third kappa shape index (κ3) is 8.54. The van der Waals surface area contributed by atoms with Gasteiger partial charge in [-0.15, -0.1) is 0 Å². The molecule has 64 heavy (non-hydrogen) atoms. The molecule has 2 aromatic heterocycles. The first-order valence-corrected chi connectivity index (χ1v) is 21.6. The van der Waals surface area contributed by atoms with E-state index in [1.807, 2.05) is 62.1 Å². The molecular weight excluding hydrogens is 831 g/mol. The largest absolute Gasteiger partial charge is 0.488 e. The number of rotatable bonds is 12. The number of carbonyl (C=O) groups is 4. The molecule has 0 aliphatic carbocycles. The SMILES string of the molecule is COC(=O)N[C@H](C(=O)N1C[C@@H](COC(F)F)C[C@H]1c1ncc(-c2ccc3c(c2)COc2cc4c(ccc5[nH]c(C6CC[C@H](C)N6C(=O)[C@@H](NC(=O)OC)C(C)C)nc54)cc2-3)[nH]1)C(C)C. The van der Waals surface area contributed by atoms with E-state index in [9.17, 15) is 28.0 Å². The van der Waals surface area contributed by atoms with Crippen LogP contribution in [0.3, 0.4) is 0 Å². The third-order valence-corrected chi connectivity index (χ3v) is 12.7. The van der Waals surface area contributed by atoms with Crippen LogP contribution in [0.5, 0.6) is 5.75 Å². The number of nitrogens with one attached hydrogen (secondary N) is 4. The summed E-state index contributed by atoms with van der Waals surface area (Å²) >= 11 is 0. The molecule has 5 aromatic rings. The second kappa shape index (κ2) is 18.1. The molecule has 2 saturated heterocycles. The van der Waals surface area contributed by atoms with Crippen LogP contribution >= 0.6 is 0 Å². The fraction of sp³-hybridized carbons (Fsp3) is 0.478. The molecule has 18 heteroatoms. The van der Waals surface area contributed by atoms with Crippen LogP contribution in [0, 0.1) is 17.8 Å². The van der Waals surface area contributed by atoms with Gasteiger partial charge < -0.3 is 49.3 Å². The van der Waals surface area contributed by atoms with Crippen LogP contribution < -0.4 is 15.4 Å². The van der Waals surface area contributed by atoms with Crippen LogP contribution in [0.25, 0.3) is 44.2 Å². The van der Waals surface area contributed by atoms with E-state index in [0.29, 0.717) is 36.1 Å². The fourth-order valence-electron chi connectivity index (χ4n) is 9.40. The number of carbonyl (C=O) groups excluding carboxylic acids is 4. The maximum absolute atomic E-state index is 14.0. The quantitative estimate of drug-likeness (QED) is 0.0970. The van der Waals surface area contributed by atoms with E-state index in [1.54, 1.807) is 24.9 Å². The number of halogens is 2. The van der Waals surface area contributed by atoms with Gasteiger partial charge in [-0.1, -0.05) is 45.9 Å². The van der Waals surface area contributed by atoms with Crippen molar-refractivity contribution in [1.29, 1.82) is 0 Å². The molecule has 0 saturated carbocycles. The summed E-state index contributed by atoms with van der Waals surface area (Å²) in [7, 11) is 2.50. The first-order valence-electron chi connectivity index (χ1n) is 21.6. The van der Waals surface area contributed by atoms with Gasteiger partial charge in [0.1, 0.15) is 36.1 Å². The molecule has 8 rings (SSSR count). The molecule has 3 aromatic carbocycles. The molecule has 3 aliphatic rings. The summed E-state index contributed by atoms with van der Waals surface area (Å²) in [5.74, 6) is 0.507. The van der Waals surface area contributed by atoms with E-state index in [4.69, 9.17) is 19.2 Å². The molecular formula is C46H54F2N8O8. The van der Waals surface area contributed by atoms with Gasteiger partial charge in [-0.3, -0.25) is 9.59 Å². The van der Waals surface area contributed by atoms with Crippen LogP contribution in [0.2, 0.25) is 0 Å². The van der Waals surface area contributed by atoms with Crippen molar-refractivity contribution in [2.75, 3.05) is 27.4 Å². The molecule has 16 nitrogen and oxygen atoms in total. The number of amides is 4. The van der Waals surface area contributed by atoms with E-state index in [-0.39, 0.29) is 54.8 Å². The third-order valence-electron chi connectivity index (χ3n) is 12.7. The van der Waals surface area contributed by atoms with Crippen molar-refractivity contribution < 1.29 is 46.9 Å². The number of alkyl carbamates (subject to hydrolysis) is 2. The number of hydrogen-bond acceptors (Lipinski definition) is 10. The first-order chi connectivity index (χ1) is 30.6. The molecule has 5 heterocycles. The molecule has 0 spiro atoms. The number of alkyl halides is 2. The number of H-pyrrole nitrogens is 2. The molecule has 1 unspecified atom stereocenters. The molecule has 6 atom stereocenters. The summed E-state index contributed by atoms with van der Waals surface area (Å²) in [6, 6.07) is 11.6. The predicted octanol–water partition coefficient (Wildman–Crippen LogP) is 7.61. The summed E-state index contributed by atoms with van der Waals surface area (Å²) in [4.78, 5) is 72.3. The Morgan fingerprint density at radius 2 is 1.59 bits per heavy atom. The average Bonchev–Trinajstić information content (AvgIpc) is 4.10. The summed E-state index contributed by atoms with van der Waals surface area (Å²) in [6.45, 7) is 6.67. The Bertz CT molecular complexity index is 2580. The van der Waals surface area contributed by atoms with Gasteiger partial charge in [-0.25, -0.2) is 19.6 Å². The Morgan fingerprint density at radius 1 is 0.875 bits per heavy atom. The van der Waals surface area contributed by atoms with Crippen molar-refractivity contribution in [3.8, 4) is 28.1 Å². The van der Waals surface area contributed by atoms with Crippen molar-refractivity contribution >= 4 is 45.8 Å². The van der Waals surface area contributed by atoms with E-state index in [2.05, 4.69) is 36.4 Å². The summed E-state index contributed by atoms with van der Waals surface area (Å²) in [5, 5.41) is 7.21. The average molecular weight is 885 g/mol. The Labute approximate surface area is 368 Å². The van der Waals surface area contributed by atoms with Crippen molar-refractivity contribution in [3.63, 3.8) is 0 Å². The number of likely N-dealkylation sites (tertiary alicyclic amines) is 2. The minimum absolute atomic E-state index is 0.0520. The predicted molar refractivity (Wildman–Crippen MR) is 232 cm³/mol. The Morgan fingerprint density at radius 3 is 2.28 bits per heavy atom. The topological polar surface area (TPSA) is 193 Å². The highest BCUT2D eigenvalue weighted by Crippen LogP contribution is 2.44. The van der Waals surface area contributed by atoms with Crippen molar-refractivity contribution in [2.45, 2.75) is 97.3 Å². The van der Waals surface area contributed by atoms with Gasteiger partial charge in [-0.2, -0.15) is 8.78 Å². The lowest BCUT2D eigenvalue weighted by Crippen LogP contribution is -2.52. The summed E-state index contributed by atoms with van der Waals surface area (Å²) < 4.78 is 46.7. The zero-order valence-corrected chi connectivity index (χ0v) is 36.9. The minimum atomic E-state index is -2.94. The monoisotopic (exact) mass is 884 g/mol. The Hall–Kier alpha value is -6.30. The van der Waals surface area contributed by atoms with Crippen LogP contribution in [0.4, 0.5) is 18.4 Å². The number of methoxy groups -OCH3 is 2. The molecule has 2 fully saturated rings.